The van der Waals surface area contributed by atoms with E-state index in [4.69, 9.17) is 14.2 Å². The highest BCUT2D eigenvalue weighted by atomic mass is 16.6. The quantitative estimate of drug-likeness (QED) is 0.325. The molecule has 1 saturated heterocycles. The molecule has 0 spiro atoms. The van der Waals surface area contributed by atoms with Gasteiger partial charge in [-0.05, 0) is 38.5 Å². The minimum Gasteiger partial charge on any atom is -0.497 e. The Morgan fingerprint density at radius 1 is 1.13 bits per heavy atom. The van der Waals surface area contributed by atoms with Gasteiger partial charge in [0.2, 0.25) is 0 Å². The van der Waals surface area contributed by atoms with Crippen molar-refractivity contribution in [2.75, 3.05) is 60.1 Å². The van der Waals surface area contributed by atoms with Crippen LogP contribution < -0.4 is 20.7 Å². The Hall–Kier alpha value is -2.52. The number of alkyl carbamates (subject to hydrolysis) is 1. The maximum atomic E-state index is 11.7. The molecule has 1 aliphatic rings. The van der Waals surface area contributed by atoms with Crippen LogP contribution in [0, 0.1) is 0 Å². The predicted molar refractivity (Wildman–Crippen MR) is 122 cm³/mol. The van der Waals surface area contributed by atoms with E-state index >= 15 is 0 Å². The Morgan fingerprint density at radius 3 is 2.35 bits per heavy atom. The molecule has 3 N–H and O–H groups in total. The summed E-state index contributed by atoms with van der Waals surface area (Å²) in [4.78, 5) is 18.4. The molecular weight excluding hydrogens is 398 g/mol. The van der Waals surface area contributed by atoms with Crippen molar-refractivity contribution in [2.24, 2.45) is 4.99 Å². The molecule has 9 nitrogen and oxygen atoms in total. The van der Waals surface area contributed by atoms with Gasteiger partial charge < -0.3 is 30.2 Å². The molecule has 1 unspecified atom stereocenters. The van der Waals surface area contributed by atoms with Gasteiger partial charge in [0, 0.05) is 39.8 Å². The summed E-state index contributed by atoms with van der Waals surface area (Å²) < 4.78 is 16.0. The summed E-state index contributed by atoms with van der Waals surface area (Å²) in [5.74, 6) is 1.52. The maximum Gasteiger partial charge on any atom is 0.407 e. The molecule has 1 amide bonds. The Kier molecular flexibility index (Phi) is 9.87. The lowest BCUT2D eigenvalue weighted by Gasteiger charge is -2.35. The molecule has 2 rings (SSSR count). The standard InChI is InChI=1S/C22H37N5O4/c1-22(2,3)31-21(28)25-11-10-24-20(23-4)26-16-19(27-12-14-30-15-13-27)17-6-8-18(29-5)9-7-17/h6-9,19H,10-16H2,1-5H3,(H,25,28)(H2,23,24,26). The molecule has 1 aliphatic heterocycles. The number of benzene rings is 1. The molecule has 31 heavy (non-hydrogen) atoms. The lowest BCUT2D eigenvalue weighted by molar-refractivity contribution is 0.0170. The molecular formula is C22H37N5O4. The van der Waals surface area contributed by atoms with Gasteiger partial charge in [0.15, 0.2) is 5.96 Å². The number of aliphatic imine (C=N–C) groups is 1. The van der Waals surface area contributed by atoms with E-state index in [1.54, 1.807) is 14.2 Å². The second-order valence-corrected chi connectivity index (χ2v) is 8.25. The van der Waals surface area contributed by atoms with E-state index in [1.807, 2.05) is 32.9 Å². The van der Waals surface area contributed by atoms with Crippen LogP contribution in [0.15, 0.2) is 29.3 Å². The van der Waals surface area contributed by atoms with Gasteiger partial charge in [-0.1, -0.05) is 12.1 Å². The number of hydrogen-bond donors (Lipinski definition) is 3. The number of rotatable bonds is 8. The number of carbonyl (C=O) groups excluding carboxylic acids is 1. The van der Waals surface area contributed by atoms with Crippen molar-refractivity contribution in [2.45, 2.75) is 32.4 Å². The van der Waals surface area contributed by atoms with Crippen LogP contribution in [0.4, 0.5) is 4.79 Å². The third-order valence-electron chi connectivity index (χ3n) is 4.76. The number of morpholine rings is 1. The Bertz CT molecular complexity index is 697. The first-order valence-electron chi connectivity index (χ1n) is 10.7. The number of carbonyl (C=O) groups is 1. The highest BCUT2D eigenvalue weighted by Gasteiger charge is 2.23. The zero-order chi connectivity index (χ0) is 22.7. The number of hydrogen-bond acceptors (Lipinski definition) is 6. The van der Waals surface area contributed by atoms with Gasteiger partial charge >= 0.3 is 6.09 Å². The molecule has 1 atom stereocenters. The van der Waals surface area contributed by atoms with E-state index in [0.29, 0.717) is 25.6 Å². The molecule has 0 bridgehead atoms. The fraction of sp³-hybridized carbons (Fsp3) is 0.636. The third-order valence-corrected chi connectivity index (χ3v) is 4.76. The molecule has 0 saturated carbocycles. The lowest BCUT2D eigenvalue weighted by atomic mass is 10.0. The molecule has 1 heterocycles. The SMILES string of the molecule is CN=C(NCCNC(=O)OC(C)(C)C)NCC(c1ccc(OC)cc1)N1CCOCC1. The fourth-order valence-electron chi connectivity index (χ4n) is 3.25. The zero-order valence-electron chi connectivity index (χ0n) is 19.4. The largest absolute Gasteiger partial charge is 0.497 e. The van der Waals surface area contributed by atoms with Crippen LogP contribution in [0.2, 0.25) is 0 Å². The van der Waals surface area contributed by atoms with Gasteiger partial charge in [-0.3, -0.25) is 9.89 Å². The first-order valence-corrected chi connectivity index (χ1v) is 10.7. The van der Waals surface area contributed by atoms with E-state index in [1.165, 1.54) is 5.56 Å². The zero-order valence-corrected chi connectivity index (χ0v) is 19.4. The summed E-state index contributed by atoms with van der Waals surface area (Å²) >= 11 is 0. The molecule has 1 fully saturated rings. The van der Waals surface area contributed by atoms with Gasteiger partial charge in [0.1, 0.15) is 11.4 Å². The summed E-state index contributed by atoms with van der Waals surface area (Å²) in [5, 5.41) is 9.35. The molecule has 9 heteroatoms. The monoisotopic (exact) mass is 435 g/mol. The summed E-state index contributed by atoms with van der Waals surface area (Å²) in [5.41, 5.74) is 0.697. The van der Waals surface area contributed by atoms with E-state index in [-0.39, 0.29) is 6.04 Å². The summed E-state index contributed by atoms with van der Waals surface area (Å²) in [6.45, 7) is 10.4. The van der Waals surface area contributed by atoms with E-state index in [9.17, 15) is 4.79 Å². The number of methoxy groups -OCH3 is 1. The van der Waals surface area contributed by atoms with Crippen LogP contribution in [0.3, 0.4) is 0 Å². The second-order valence-electron chi connectivity index (χ2n) is 8.25. The van der Waals surface area contributed by atoms with Crippen molar-refractivity contribution in [3.8, 4) is 5.75 Å². The Labute approximate surface area is 185 Å². The van der Waals surface area contributed by atoms with Gasteiger partial charge in [-0.25, -0.2) is 4.79 Å². The Morgan fingerprint density at radius 2 is 1.77 bits per heavy atom. The third kappa shape index (κ3) is 9.02. The second kappa shape index (κ2) is 12.4. The van der Waals surface area contributed by atoms with Crippen molar-refractivity contribution in [1.29, 1.82) is 0 Å². The number of ether oxygens (including phenoxy) is 3. The van der Waals surface area contributed by atoms with E-state index in [2.05, 4.69) is 38.0 Å². The molecule has 0 radical (unpaired) electrons. The smallest absolute Gasteiger partial charge is 0.407 e. The number of guanidine groups is 1. The molecule has 0 aromatic heterocycles. The van der Waals surface area contributed by atoms with Crippen LogP contribution in [0.25, 0.3) is 0 Å². The van der Waals surface area contributed by atoms with Crippen molar-refractivity contribution in [3.63, 3.8) is 0 Å². The topological polar surface area (TPSA) is 96.5 Å². The molecule has 1 aromatic rings. The average Bonchev–Trinajstić information content (AvgIpc) is 2.75. The van der Waals surface area contributed by atoms with Crippen LogP contribution in [-0.2, 0) is 9.47 Å². The molecule has 0 aliphatic carbocycles. The number of nitrogens with zero attached hydrogens (tertiary/aromatic N) is 2. The van der Waals surface area contributed by atoms with Crippen molar-refractivity contribution < 1.29 is 19.0 Å². The van der Waals surface area contributed by atoms with Crippen LogP contribution in [0.1, 0.15) is 32.4 Å². The lowest BCUT2D eigenvalue weighted by Crippen LogP contribution is -2.47. The normalized spacial score (nSPS) is 16.4. The average molecular weight is 436 g/mol. The van der Waals surface area contributed by atoms with Crippen molar-refractivity contribution in [1.82, 2.24) is 20.9 Å². The first kappa shape index (κ1) is 24.7. The predicted octanol–water partition coefficient (Wildman–Crippen LogP) is 1.76. The van der Waals surface area contributed by atoms with Gasteiger partial charge in [0.25, 0.3) is 0 Å². The minimum atomic E-state index is -0.509. The summed E-state index contributed by atoms with van der Waals surface area (Å²) in [6.07, 6.45) is -0.427. The van der Waals surface area contributed by atoms with E-state index in [0.717, 1.165) is 32.1 Å². The van der Waals surface area contributed by atoms with Gasteiger partial charge in [0.05, 0.1) is 26.4 Å². The van der Waals surface area contributed by atoms with Gasteiger partial charge in [-0.2, -0.15) is 0 Å². The maximum absolute atomic E-state index is 11.7. The minimum absolute atomic E-state index is 0.174. The van der Waals surface area contributed by atoms with E-state index < -0.39 is 11.7 Å². The highest BCUT2D eigenvalue weighted by Crippen LogP contribution is 2.23. The van der Waals surface area contributed by atoms with Gasteiger partial charge in [-0.15, -0.1) is 0 Å². The fourth-order valence-corrected chi connectivity index (χ4v) is 3.25. The van der Waals surface area contributed by atoms with Crippen LogP contribution in [-0.4, -0.2) is 82.6 Å². The van der Waals surface area contributed by atoms with Crippen LogP contribution >= 0.6 is 0 Å². The number of amides is 1. The summed E-state index contributed by atoms with van der Waals surface area (Å²) in [7, 11) is 3.40. The van der Waals surface area contributed by atoms with Crippen molar-refractivity contribution >= 4 is 12.1 Å². The number of nitrogens with one attached hydrogen (secondary N) is 3. The molecule has 1 aromatic carbocycles. The first-order chi connectivity index (χ1) is 14.8. The molecule has 174 valence electrons. The van der Waals surface area contributed by atoms with Crippen LogP contribution in [0.5, 0.6) is 5.75 Å². The highest BCUT2D eigenvalue weighted by molar-refractivity contribution is 5.79. The van der Waals surface area contributed by atoms with Crippen molar-refractivity contribution in [3.05, 3.63) is 29.8 Å². The Balaban J connectivity index is 1.87. The summed E-state index contributed by atoms with van der Waals surface area (Å²) in [6, 6.07) is 8.34.